The third-order valence-electron chi connectivity index (χ3n) is 9.98. The average Bonchev–Trinajstić information content (AvgIpc) is 2.63. The molecule has 0 nitrogen and oxygen atoms in total. The Labute approximate surface area is 161 Å². The van der Waals surface area contributed by atoms with Crippen LogP contribution in [0.3, 0.4) is 0 Å². The minimum absolute atomic E-state index is 0.739. The van der Waals surface area contributed by atoms with Crippen molar-refractivity contribution in [2.45, 2.75) is 145 Å². The molecule has 3 saturated carbocycles. The van der Waals surface area contributed by atoms with Crippen molar-refractivity contribution in [3.63, 3.8) is 0 Å². The van der Waals surface area contributed by atoms with Gasteiger partial charge in [-0.2, -0.15) is 0 Å². The van der Waals surface area contributed by atoms with E-state index in [0.717, 1.165) is 21.7 Å². The zero-order valence-corrected chi connectivity index (χ0v) is 20.1. The van der Waals surface area contributed by atoms with Crippen LogP contribution in [0, 0.1) is 0 Å². The molecule has 2 heteroatoms. The SMILES string of the molecule is CC1([Si](C)(C)C2CCCCC2)CCC([Si](C)(C)C2CCCCC2)CC1. The molecule has 0 saturated heterocycles. The number of hydrogen-bond acceptors (Lipinski definition) is 0. The van der Waals surface area contributed by atoms with Gasteiger partial charge in [-0.05, 0) is 21.7 Å². The predicted molar refractivity (Wildman–Crippen MR) is 119 cm³/mol. The maximum Gasteiger partial charge on any atom is 0.0564 e. The summed E-state index contributed by atoms with van der Waals surface area (Å²) >= 11 is 0. The third-order valence-corrected chi connectivity index (χ3v) is 21.6. The van der Waals surface area contributed by atoms with E-state index in [0.29, 0.717) is 0 Å². The highest BCUT2D eigenvalue weighted by Gasteiger charge is 2.51. The van der Waals surface area contributed by atoms with Crippen LogP contribution in [0.25, 0.3) is 0 Å². The molecule has 0 atom stereocenters. The summed E-state index contributed by atoms with van der Waals surface area (Å²) in [5.74, 6) is 0. The first kappa shape index (κ1) is 20.2. The second kappa shape index (κ2) is 7.82. The third kappa shape index (κ3) is 4.00. The summed E-state index contributed by atoms with van der Waals surface area (Å²) in [6, 6.07) is 0. The van der Waals surface area contributed by atoms with Crippen molar-refractivity contribution in [1.29, 1.82) is 0 Å². The van der Waals surface area contributed by atoms with Gasteiger partial charge in [0.25, 0.3) is 0 Å². The van der Waals surface area contributed by atoms with E-state index in [2.05, 4.69) is 33.1 Å². The fourth-order valence-electron chi connectivity index (χ4n) is 7.14. The van der Waals surface area contributed by atoms with Gasteiger partial charge < -0.3 is 0 Å². The van der Waals surface area contributed by atoms with Gasteiger partial charge in [0.2, 0.25) is 0 Å². The molecule has 0 spiro atoms. The lowest BCUT2D eigenvalue weighted by Crippen LogP contribution is -2.49. The van der Waals surface area contributed by atoms with E-state index in [1.165, 1.54) is 38.5 Å². The van der Waals surface area contributed by atoms with Gasteiger partial charge in [0, 0.05) is 0 Å². The van der Waals surface area contributed by atoms with Gasteiger partial charge in [0.15, 0.2) is 0 Å². The van der Waals surface area contributed by atoms with E-state index in [1.54, 1.807) is 51.4 Å². The maximum absolute atomic E-state index is 2.78. The zero-order chi connectivity index (χ0) is 18.1. The zero-order valence-electron chi connectivity index (χ0n) is 18.1. The lowest BCUT2D eigenvalue weighted by Gasteiger charge is -2.54. The van der Waals surface area contributed by atoms with Gasteiger partial charge >= 0.3 is 0 Å². The van der Waals surface area contributed by atoms with E-state index in [4.69, 9.17) is 0 Å². The molecule has 0 aromatic rings. The van der Waals surface area contributed by atoms with E-state index in [-0.39, 0.29) is 0 Å². The molecule has 0 bridgehead atoms. The summed E-state index contributed by atoms with van der Waals surface area (Å²) in [5.41, 5.74) is 3.42. The van der Waals surface area contributed by atoms with Crippen LogP contribution >= 0.6 is 0 Å². The van der Waals surface area contributed by atoms with Crippen molar-refractivity contribution < 1.29 is 0 Å². The largest absolute Gasteiger partial charge is 0.0689 e. The van der Waals surface area contributed by atoms with Gasteiger partial charge in [0.1, 0.15) is 0 Å². The highest BCUT2D eigenvalue weighted by atomic mass is 28.3. The van der Waals surface area contributed by atoms with Gasteiger partial charge in [-0.1, -0.05) is 123 Å². The first-order valence-corrected chi connectivity index (χ1v) is 18.0. The summed E-state index contributed by atoms with van der Waals surface area (Å²) < 4.78 is 0. The second-order valence-corrected chi connectivity index (χ2v) is 22.3. The van der Waals surface area contributed by atoms with E-state index in [1.807, 2.05) is 0 Å². The molecule has 0 unspecified atom stereocenters. The highest BCUT2D eigenvalue weighted by molar-refractivity contribution is 6.82. The molecule has 0 amide bonds. The first-order chi connectivity index (χ1) is 11.8. The second-order valence-electron chi connectivity index (χ2n) is 11.5. The van der Waals surface area contributed by atoms with E-state index >= 15 is 0 Å². The minimum atomic E-state index is -1.14. The predicted octanol–water partition coefficient (Wildman–Crippen LogP) is 8.78. The molecule has 0 N–H and O–H groups in total. The Bertz CT molecular complexity index is 419. The van der Waals surface area contributed by atoms with Crippen LogP contribution in [0.15, 0.2) is 0 Å². The van der Waals surface area contributed by atoms with Gasteiger partial charge in [-0.25, -0.2) is 0 Å². The van der Waals surface area contributed by atoms with Crippen molar-refractivity contribution in [2.24, 2.45) is 0 Å². The van der Waals surface area contributed by atoms with E-state index < -0.39 is 16.1 Å². The van der Waals surface area contributed by atoms with Crippen LogP contribution in [0.1, 0.15) is 96.8 Å². The molecule has 0 radical (unpaired) electrons. The van der Waals surface area contributed by atoms with Crippen molar-refractivity contribution in [1.82, 2.24) is 0 Å². The average molecular weight is 379 g/mol. The van der Waals surface area contributed by atoms with Crippen LogP contribution in [0.5, 0.6) is 0 Å². The lowest BCUT2D eigenvalue weighted by molar-refractivity contribution is 0.362. The molecule has 3 aliphatic carbocycles. The maximum atomic E-state index is 2.78. The fourth-order valence-corrected chi connectivity index (χ4v) is 15.9. The van der Waals surface area contributed by atoms with E-state index in [9.17, 15) is 0 Å². The lowest BCUT2D eigenvalue weighted by atomic mass is 9.89. The molecule has 0 aliphatic heterocycles. The van der Waals surface area contributed by atoms with Crippen LogP contribution in [-0.4, -0.2) is 16.1 Å². The topological polar surface area (TPSA) is 0 Å². The summed E-state index contributed by atoms with van der Waals surface area (Å²) in [6.07, 6.45) is 21.8. The molecule has 3 aliphatic rings. The summed E-state index contributed by atoms with van der Waals surface area (Å²) in [6.45, 7) is 13.9. The Kier molecular flexibility index (Phi) is 6.31. The Morgan fingerprint density at radius 3 is 1.44 bits per heavy atom. The van der Waals surface area contributed by atoms with Crippen LogP contribution in [-0.2, 0) is 0 Å². The Morgan fingerprint density at radius 2 is 0.960 bits per heavy atom. The molecule has 3 fully saturated rings. The van der Waals surface area contributed by atoms with Crippen molar-refractivity contribution in [2.75, 3.05) is 0 Å². The molecule has 3 rings (SSSR count). The Balaban J connectivity index is 1.63. The first-order valence-electron chi connectivity index (χ1n) is 11.8. The van der Waals surface area contributed by atoms with Crippen LogP contribution < -0.4 is 0 Å². The molecule has 0 aromatic heterocycles. The molecular formula is C23H46Si2. The normalized spacial score (nSPS) is 34.2. The molecular weight excluding hydrogens is 332 g/mol. The summed E-state index contributed by atoms with van der Waals surface area (Å²) in [4.78, 5) is 0. The molecule has 25 heavy (non-hydrogen) atoms. The Hall–Kier alpha value is 0.434. The van der Waals surface area contributed by atoms with Crippen molar-refractivity contribution in [3.8, 4) is 0 Å². The van der Waals surface area contributed by atoms with Gasteiger partial charge in [-0.3, -0.25) is 0 Å². The van der Waals surface area contributed by atoms with Gasteiger partial charge in [0.05, 0.1) is 16.1 Å². The molecule has 146 valence electrons. The quantitative estimate of drug-likeness (QED) is 0.429. The fraction of sp³-hybridized carbons (Fsp3) is 1.00. The summed E-state index contributed by atoms with van der Waals surface area (Å²) in [7, 11) is -2.19. The van der Waals surface area contributed by atoms with Crippen LogP contribution in [0.4, 0.5) is 0 Å². The number of hydrogen-bond donors (Lipinski definition) is 0. The molecule has 0 heterocycles. The molecule has 0 aromatic carbocycles. The van der Waals surface area contributed by atoms with Crippen LogP contribution in [0.2, 0.25) is 47.8 Å². The van der Waals surface area contributed by atoms with Gasteiger partial charge in [-0.15, -0.1) is 0 Å². The summed E-state index contributed by atoms with van der Waals surface area (Å²) in [5, 5.41) is 0.739. The smallest absolute Gasteiger partial charge is 0.0564 e. The number of rotatable bonds is 4. The Morgan fingerprint density at radius 1 is 0.560 bits per heavy atom. The monoisotopic (exact) mass is 378 g/mol. The minimum Gasteiger partial charge on any atom is -0.0689 e. The van der Waals surface area contributed by atoms with Crippen molar-refractivity contribution >= 4 is 16.1 Å². The van der Waals surface area contributed by atoms with Crippen molar-refractivity contribution in [3.05, 3.63) is 0 Å². The standard InChI is InChI=1S/C23H46Si2/c1-23(25(4,5)22-14-10-7-11-15-22)18-16-21(17-19-23)24(2,3)20-12-8-6-9-13-20/h20-22H,6-19H2,1-5H3. The highest BCUT2D eigenvalue weighted by Crippen LogP contribution is 2.61.